The molecular weight excluding hydrogens is 228 g/mol. The van der Waals surface area contributed by atoms with Crippen molar-refractivity contribution in [1.29, 1.82) is 0 Å². The molecule has 16 heavy (non-hydrogen) atoms. The highest BCUT2D eigenvalue weighted by atomic mass is 32.1. The van der Waals surface area contributed by atoms with Crippen molar-refractivity contribution < 1.29 is 15.3 Å². The predicted molar refractivity (Wildman–Crippen MR) is 59.9 cm³/mol. The van der Waals surface area contributed by atoms with Crippen molar-refractivity contribution in [3.8, 4) is 0 Å². The van der Waals surface area contributed by atoms with Gasteiger partial charge in [0.2, 0.25) is 0 Å². The number of rotatable bonds is 4. The summed E-state index contributed by atoms with van der Waals surface area (Å²) in [5.41, 5.74) is 0. The Kier molecular flexibility index (Phi) is 3.88. The summed E-state index contributed by atoms with van der Waals surface area (Å²) >= 11 is 1.55. The lowest BCUT2D eigenvalue weighted by Crippen LogP contribution is -2.39. The number of thiazole rings is 1. The second kappa shape index (κ2) is 5.20. The minimum absolute atomic E-state index is 0.0896. The molecule has 6 heteroatoms. The van der Waals surface area contributed by atoms with Gasteiger partial charge in [-0.1, -0.05) is 0 Å². The number of nitrogens with zero attached hydrogens (tertiary/aromatic N) is 1. The van der Waals surface area contributed by atoms with Crippen molar-refractivity contribution in [2.75, 3.05) is 6.61 Å². The lowest BCUT2D eigenvalue weighted by atomic mass is 10.1. The number of hydrogen-bond donors (Lipinski definition) is 4. The second-order valence-electron chi connectivity index (χ2n) is 4.07. The Hall–Kier alpha value is -0.530. The summed E-state index contributed by atoms with van der Waals surface area (Å²) in [6, 6.07) is -0.170. The van der Waals surface area contributed by atoms with Crippen molar-refractivity contribution >= 4 is 11.3 Å². The van der Waals surface area contributed by atoms with Gasteiger partial charge in [0.1, 0.15) is 5.01 Å². The molecule has 2 rings (SSSR count). The normalized spacial score (nSPS) is 34.4. The molecule has 0 spiro atoms. The highest BCUT2D eigenvalue weighted by molar-refractivity contribution is 7.09. The lowest BCUT2D eigenvalue weighted by molar-refractivity contribution is -0.000338. The van der Waals surface area contributed by atoms with E-state index in [1.54, 1.807) is 17.5 Å². The fourth-order valence-electron chi connectivity index (χ4n) is 2.07. The summed E-state index contributed by atoms with van der Waals surface area (Å²) in [5.74, 6) is -0.233. The smallest absolute Gasteiger partial charge is 0.106 e. The summed E-state index contributed by atoms with van der Waals surface area (Å²) in [5, 5.41) is 34.4. The average molecular weight is 244 g/mol. The monoisotopic (exact) mass is 244 g/mol. The quantitative estimate of drug-likeness (QED) is 0.565. The molecule has 0 aromatic carbocycles. The minimum atomic E-state index is -0.834. The highest BCUT2D eigenvalue weighted by Crippen LogP contribution is 2.26. The molecule has 4 N–H and O–H groups in total. The zero-order chi connectivity index (χ0) is 11.5. The number of hydrogen-bond acceptors (Lipinski definition) is 6. The molecule has 1 aromatic heterocycles. The minimum Gasteiger partial charge on any atom is -0.396 e. The number of aliphatic hydroxyl groups is 3. The van der Waals surface area contributed by atoms with Crippen LogP contribution in [-0.2, 0) is 6.54 Å². The fourth-order valence-corrected chi connectivity index (χ4v) is 2.63. The molecule has 0 saturated heterocycles. The molecule has 4 atom stereocenters. The molecule has 1 heterocycles. The van der Waals surface area contributed by atoms with E-state index in [4.69, 9.17) is 5.11 Å². The van der Waals surface area contributed by atoms with Gasteiger partial charge in [0.25, 0.3) is 0 Å². The molecule has 1 saturated carbocycles. The number of nitrogens with one attached hydrogen (secondary N) is 1. The van der Waals surface area contributed by atoms with Crippen LogP contribution in [0.2, 0.25) is 0 Å². The maximum Gasteiger partial charge on any atom is 0.106 e. The number of aromatic nitrogens is 1. The summed E-state index contributed by atoms with van der Waals surface area (Å²) in [4.78, 5) is 4.12. The lowest BCUT2D eigenvalue weighted by Gasteiger charge is -2.17. The molecular formula is C10H16N2O3S. The van der Waals surface area contributed by atoms with Gasteiger partial charge in [0, 0.05) is 36.7 Å². The molecule has 4 unspecified atom stereocenters. The van der Waals surface area contributed by atoms with E-state index < -0.39 is 12.2 Å². The maximum absolute atomic E-state index is 9.75. The first-order valence-electron chi connectivity index (χ1n) is 5.31. The second-order valence-corrected chi connectivity index (χ2v) is 5.05. The van der Waals surface area contributed by atoms with Crippen LogP contribution in [0.4, 0.5) is 0 Å². The summed E-state index contributed by atoms with van der Waals surface area (Å²) in [6.07, 6.45) is 0.679. The van der Waals surface area contributed by atoms with Crippen molar-refractivity contribution in [3.63, 3.8) is 0 Å². The Labute approximate surface area is 97.8 Å². The average Bonchev–Trinajstić information content (AvgIpc) is 2.88. The molecule has 1 fully saturated rings. The largest absolute Gasteiger partial charge is 0.396 e. The molecule has 1 aliphatic carbocycles. The first kappa shape index (κ1) is 11.9. The van der Waals surface area contributed by atoms with Crippen LogP contribution in [0.25, 0.3) is 0 Å². The van der Waals surface area contributed by atoms with E-state index >= 15 is 0 Å². The van der Waals surface area contributed by atoms with Crippen LogP contribution in [0.5, 0.6) is 0 Å². The zero-order valence-corrected chi connectivity index (χ0v) is 9.60. The molecule has 5 nitrogen and oxygen atoms in total. The third-order valence-electron chi connectivity index (χ3n) is 3.04. The third kappa shape index (κ3) is 2.41. The Bertz CT molecular complexity index is 320. The Morgan fingerprint density at radius 2 is 2.25 bits per heavy atom. The van der Waals surface area contributed by atoms with Crippen LogP contribution in [0.1, 0.15) is 11.4 Å². The molecule has 0 amide bonds. The van der Waals surface area contributed by atoms with E-state index in [1.807, 2.05) is 5.38 Å². The Morgan fingerprint density at radius 1 is 1.44 bits per heavy atom. The maximum atomic E-state index is 9.75. The molecule has 90 valence electrons. The van der Waals surface area contributed by atoms with Gasteiger partial charge in [-0.2, -0.15) is 0 Å². The van der Waals surface area contributed by atoms with Crippen LogP contribution in [-0.4, -0.2) is 45.2 Å². The van der Waals surface area contributed by atoms with Crippen LogP contribution in [0.3, 0.4) is 0 Å². The van der Waals surface area contributed by atoms with Crippen LogP contribution in [0.15, 0.2) is 11.6 Å². The highest BCUT2D eigenvalue weighted by Gasteiger charge is 2.40. The van der Waals surface area contributed by atoms with E-state index in [0.29, 0.717) is 13.0 Å². The van der Waals surface area contributed by atoms with Crippen LogP contribution in [0, 0.1) is 5.92 Å². The van der Waals surface area contributed by atoms with Crippen molar-refractivity contribution in [1.82, 2.24) is 10.3 Å². The van der Waals surface area contributed by atoms with Gasteiger partial charge >= 0.3 is 0 Å². The van der Waals surface area contributed by atoms with Gasteiger partial charge in [-0.05, 0) is 6.42 Å². The first-order chi connectivity index (χ1) is 7.72. The molecule has 1 aromatic rings. The SMILES string of the molecule is OCC1CC(NCc2nccs2)C(O)C1O. The van der Waals surface area contributed by atoms with Crippen molar-refractivity contribution in [3.05, 3.63) is 16.6 Å². The first-order valence-corrected chi connectivity index (χ1v) is 6.19. The topological polar surface area (TPSA) is 85.6 Å². The molecule has 0 bridgehead atoms. The zero-order valence-electron chi connectivity index (χ0n) is 8.78. The van der Waals surface area contributed by atoms with Gasteiger partial charge in [0.15, 0.2) is 0 Å². The summed E-state index contributed by atoms with van der Waals surface area (Å²) in [6.45, 7) is 0.498. The van der Waals surface area contributed by atoms with Crippen molar-refractivity contribution in [2.24, 2.45) is 5.92 Å². The Balaban J connectivity index is 1.86. The van der Waals surface area contributed by atoms with Gasteiger partial charge in [-0.15, -0.1) is 11.3 Å². The van der Waals surface area contributed by atoms with Gasteiger partial charge in [0.05, 0.1) is 12.2 Å². The standard InChI is InChI=1S/C10H16N2O3S/c13-5-6-3-7(10(15)9(6)14)12-4-8-11-1-2-16-8/h1-2,6-7,9-10,12-15H,3-5H2. The van der Waals surface area contributed by atoms with Crippen molar-refractivity contribution in [2.45, 2.75) is 31.2 Å². The van der Waals surface area contributed by atoms with E-state index in [0.717, 1.165) is 5.01 Å². The van der Waals surface area contributed by atoms with E-state index in [9.17, 15) is 10.2 Å². The van der Waals surface area contributed by atoms with Gasteiger partial charge in [-0.3, -0.25) is 0 Å². The number of aliphatic hydroxyl groups excluding tert-OH is 3. The van der Waals surface area contributed by atoms with Crippen LogP contribution >= 0.6 is 11.3 Å². The van der Waals surface area contributed by atoms with E-state index in [-0.39, 0.29) is 18.6 Å². The molecule has 0 aliphatic heterocycles. The third-order valence-corrected chi connectivity index (χ3v) is 3.81. The van der Waals surface area contributed by atoms with Gasteiger partial charge in [-0.25, -0.2) is 4.98 Å². The predicted octanol–water partition coefficient (Wildman–Crippen LogP) is -0.665. The van der Waals surface area contributed by atoms with Crippen LogP contribution < -0.4 is 5.32 Å². The Morgan fingerprint density at radius 3 is 2.81 bits per heavy atom. The summed E-state index contributed by atoms with van der Waals surface area (Å²) < 4.78 is 0. The van der Waals surface area contributed by atoms with Gasteiger partial charge < -0.3 is 20.6 Å². The molecule has 0 radical (unpaired) electrons. The fraction of sp³-hybridized carbons (Fsp3) is 0.700. The van der Waals surface area contributed by atoms with E-state index in [2.05, 4.69) is 10.3 Å². The van der Waals surface area contributed by atoms with E-state index in [1.165, 1.54) is 0 Å². The molecule has 1 aliphatic rings. The summed E-state index contributed by atoms with van der Waals surface area (Å²) in [7, 11) is 0.